The Balaban J connectivity index is 2.11. The first-order chi connectivity index (χ1) is 9.78. The first-order valence-corrected chi connectivity index (χ1v) is 6.87. The highest BCUT2D eigenvalue weighted by Crippen LogP contribution is 2.28. The van der Waals surface area contributed by atoms with Crippen LogP contribution in [0.25, 0.3) is 10.9 Å². The fourth-order valence-electron chi connectivity index (χ4n) is 2.06. The summed E-state index contributed by atoms with van der Waals surface area (Å²) in [6, 6.07) is 17.5. The van der Waals surface area contributed by atoms with Gasteiger partial charge in [0, 0.05) is 21.7 Å². The Morgan fingerprint density at radius 3 is 2.75 bits per heavy atom. The Hall–Kier alpha value is -2.38. The molecule has 1 aromatic heterocycles. The van der Waals surface area contributed by atoms with E-state index in [1.165, 1.54) is 0 Å². The van der Waals surface area contributed by atoms with Gasteiger partial charge in [0.1, 0.15) is 6.07 Å². The molecule has 0 spiro atoms. The van der Waals surface area contributed by atoms with E-state index in [9.17, 15) is 0 Å². The number of nitriles is 1. The highest BCUT2D eigenvalue weighted by molar-refractivity contribution is 9.10. The molecule has 20 heavy (non-hydrogen) atoms. The van der Waals surface area contributed by atoms with Crippen LogP contribution in [0.15, 0.2) is 59.2 Å². The van der Waals surface area contributed by atoms with Crippen LogP contribution in [-0.2, 0) is 0 Å². The summed E-state index contributed by atoms with van der Waals surface area (Å²) < 4.78 is 0.995. The van der Waals surface area contributed by atoms with Crippen molar-refractivity contribution in [2.75, 3.05) is 5.32 Å². The standard InChI is InChI=1S/C16H10BrN3/c17-12-5-6-15-13(9-12)16(7-8-19-15)20-14-4-2-1-3-11(14)10-18/h1-9H,(H,19,20). The molecule has 3 aromatic rings. The zero-order valence-corrected chi connectivity index (χ0v) is 12.1. The lowest BCUT2D eigenvalue weighted by Gasteiger charge is -2.10. The molecule has 1 heterocycles. The monoisotopic (exact) mass is 323 g/mol. The molecule has 0 amide bonds. The maximum Gasteiger partial charge on any atom is 0.101 e. The van der Waals surface area contributed by atoms with E-state index < -0.39 is 0 Å². The second-order valence-corrected chi connectivity index (χ2v) is 5.22. The van der Waals surface area contributed by atoms with Crippen LogP contribution in [0.1, 0.15) is 5.56 Å². The largest absolute Gasteiger partial charge is 0.354 e. The Morgan fingerprint density at radius 2 is 1.90 bits per heavy atom. The van der Waals surface area contributed by atoms with Gasteiger partial charge in [0.25, 0.3) is 0 Å². The van der Waals surface area contributed by atoms with Gasteiger partial charge in [-0.05, 0) is 36.4 Å². The van der Waals surface area contributed by atoms with Gasteiger partial charge >= 0.3 is 0 Å². The quantitative estimate of drug-likeness (QED) is 0.749. The van der Waals surface area contributed by atoms with E-state index >= 15 is 0 Å². The molecular formula is C16H10BrN3. The van der Waals surface area contributed by atoms with Gasteiger partial charge in [-0.3, -0.25) is 4.98 Å². The van der Waals surface area contributed by atoms with E-state index in [0.29, 0.717) is 5.56 Å². The number of rotatable bonds is 2. The van der Waals surface area contributed by atoms with Crippen LogP contribution in [0.4, 0.5) is 11.4 Å². The third kappa shape index (κ3) is 2.36. The number of nitrogens with one attached hydrogen (secondary N) is 1. The summed E-state index contributed by atoms with van der Waals surface area (Å²) in [5.74, 6) is 0. The molecule has 1 N–H and O–H groups in total. The Bertz CT molecular complexity index is 821. The molecule has 0 aliphatic rings. The van der Waals surface area contributed by atoms with Crippen molar-refractivity contribution in [3.63, 3.8) is 0 Å². The predicted molar refractivity (Wildman–Crippen MR) is 83.9 cm³/mol. The molecule has 0 saturated carbocycles. The summed E-state index contributed by atoms with van der Waals surface area (Å²) in [6.45, 7) is 0. The molecule has 2 aromatic carbocycles. The predicted octanol–water partition coefficient (Wildman–Crippen LogP) is 4.61. The van der Waals surface area contributed by atoms with Crippen LogP contribution < -0.4 is 5.32 Å². The maximum absolute atomic E-state index is 9.14. The van der Waals surface area contributed by atoms with Crippen molar-refractivity contribution in [1.29, 1.82) is 5.26 Å². The lowest BCUT2D eigenvalue weighted by Crippen LogP contribution is -1.95. The molecular weight excluding hydrogens is 314 g/mol. The molecule has 0 atom stereocenters. The lowest BCUT2D eigenvalue weighted by molar-refractivity contribution is 1.40. The van der Waals surface area contributed by atoms with E-state index in [1.807, 2.05) is 42.5 Å². The van der Waals surface area contributed by atoms with Crippen molar-refractivity contribution >= 4 is 38.2 Å². The van der Waals surface area contributed by atoms with Crippen LogP contribution in [0.2, 0.25) is 0 Å². The van der Waals surface area contributed by atoms with E-state index in [1.54, 1.807) is 12.3 Å². The zero-order chi connectivity index (χ0) is 13.9. The number of anilines is 2. The number of nitrogens with zero attached hydrogens (tertiary/aromatic N) is 2. The molecule has 0 aliphatic carbocycles. The average Bonchev–Trinajstić information content (AvgIpc) is 2.48. The van der Waals surface area contributed by atoms with Crippen LogP contribution in [0, 0.1) is 11.3 Å². The summed E-state index contributed by atoms with van der Waals surface area (Å²) in [5, 5.41) is 13.5. The minimum Gasteiger partial charge on any atom is -0.354 e. The number of hydrogen-bond donors (Lipinski definition) is 1. The minimum atomic E-state index is 0.618. The van der Waals surface area contributed by atoms with Gasteiger partial charge in [0.15, 0.2) is 0 Å². The molecule has 0 aliphatic heterocycles. The fraction of sp³-hybridized carbons (Fsp3) is 0. The smallest absolute Gasteiger partial charge is 0.101 e. The summed E-state index contributed by atoms with van der Waals surface area (Å²) >= 11 is 3.47. The summed E-state index contributed by atoms with van der Waals surface area (Å²) in [4.78, 5) is 4.34. The summed E-state index contributed by atoms with van der Waals surface area (Å²) in [5.41, 5.74) is 3.25. The molecule has 0 bridgehead atoms. The van der Waals surface area contributed by atoms with Gasteiger partial charge in [-0.1, -0.05) is 28.1 Å². The number of benzene rings is 2. The third-order valence-electron chi connectivity index (χ3n) is 3.02. The maximum atomic E-state index is 9.14. The van der Waals surface area contributed by atoms with Gasteiger partial charge in [-0.25, -0.2) is 0 Å². The van der Waals surface area contributed by atoms with E-state index in [0.717, 1.165) is 26.8 Å². The summed E-state index contributed by atoms with van der Waals surface area (Å²) in [6.07, 6.45) is 1.76. The molecule has 0 unspecified atom stereocenters. The number of pyridine rings is 1. The fourth-order valence-corrected chi connectivity index (χ4v) is 2.42. The van der Waals surface area contributed by atoms with Crippen molar-refractivity contribution in [3.8, 4) is 6.07 Å². The van der Waals surface area contributed by atoms with Crippen molar-refractivity contribution in [3.05, 3.63) is 64.8 Å². The molecule has 3 nitrogen and oxygen atoms in total. The molecule has 96 valence electrons. The number of fused-ring (bicyclic) bond motifs is 1. The average molecular weight is 324 g/mol. The second-order valence-electron chi connectivity index (χ2n) is 4.30. The minimum absolute atomic E-state index is 0.618. The van der Waals surface area contributed by atoms with Crippen LogP contribution in [0.5, 0.6) is 0 Å². The molecule has 0 saturated heterocycles. The van der Waals surface area contributed by atoms with Gasteiger partial charge < -0.3 is 5.32 Å². The topological polar surface area (TPSA) is 48.7 Å². The van der Waals surface area contributed by atoms with E-state index in [2.05, 4.69) is 32.3 Å². The molecule has 3 rings (SSSR count). The number of hydrogen-bond acceptors (Lipinski definition) is 3. The summed E-state index contributed by atoms with van der Waals surface area (Å²) in [7, 11) is 0. The van der Waals surface area contributed by atoms with Crippen molar-refractivity contribution < 1.29 is 0 Å². The lowest BCUT2D eigenvalue weighted by atomic mass is 10.1. The first-order valence-electron chi connectivity index (χ1n) is 6.08. The first kappa shape index (κ1) is 12.6. The van der Waals surface area contributed by atoms with Crippen molar-refractivity contribution in [2.45, 2.75) is 0 Å². The number of para-hydroxylation sites is 1. The number of aromatic nitrogens is 1. The number of halogens is 1. The third-order valence-corrected chi connectivity index (χ3v) is 3.51. The molecule has 4 heteroatoms. The second kappa shape index (κ2) is 5.32. The highest BCUT2D eigenvalue weighted by atomic mass is 79.9. The zero-order valence-electron chi connectivity index (χ0n) is 10.5. The molecule has 0 radical (unpaired) electrons. The van der Waals surface area contributed by atoms with Gasteiger partial charge in [0.2, 0.25) is 0 Å². The van der Waals surface area contributed by atoms with Gasteiger partial charge in [-0.15, -0.1) is 0 Å². The van der Waals surface area contributed by atoms with Crippen molar-refractivity contribution in [1.82, 2.24) is 4.98 Å². The van der Waals surface area contributed by atoms with Gasteiger partial charge in [0.05, 0.1) is 16.8 Å². The van der Waals surface area contributed by atoms with E-state index in [-0.39, 0.29) is 0 Å². The van der Waals surface area contributed by atoms with Gasteiger partial charge in [-0.2, -0.15) is 5.26 Å². The Labute approximate surface area is 125 Å². The molecule has 0 fully saturated rings. The van der Waals surface area contributed by atoms with Crippen LogP contribution >= 0.6 is 15.9 Å². The van der Waals surface area contributed by atoms with Crippen LogP contribution in [0.3, 0.4) is 0 Å². The van der Waals surface area contributed by atoms with E-state index in [4.69, 9.17) is 5.26 Å². The van der Waals surface area contributed by atoms with Crippen molar-refractivity contribution in [2.24, 2.45) is 0 Å². The normalized spacial score (nSPS) is 10.2. The van der Waals surface area contributed by atoms with Crippen LogP contribution in [-0.4, -0.2) is 4.98 Å². The SMILES string of the molecule is N#Cc1ccccc1Nc1ccnc2ccc(Br)cc12. The Kier molecular flexibility index (Phi) is 3.36. The Morgan fingerprint density at radius 1 is 1.05 bits per heavy atom. The highest BCUT2D eigenvalue weighted by Gasteiger charge is 2.05.